The van der Waals surface area contributed by atoms with Gasteiger partial charge in [0.15, 0.2) is 0 Å². The minimum Gasteiger partial charge on any atom is -0.444 e. The van der Waals surface area contributed by atoms with Gasteiger partial charge in [-0.3, -0.25) is 4.79 Å². The molecule has 4 aromatic carbocycles. The van der Waals surface area contributed by atoms with Crippen LogP contribution in [-0.2, 0) is 23.6 Å². The minimum absolute atomic E-state index is 0.0910. The van der Waals surface area contributed by atoms with Gasteiger partial charge in [-0.1, -0.05) is 84.4 Å². The topological polar surface area (TPSA) is 66.8 Å². The predicted molar refractivity (Wildman–Crippen MR) is 191 cm³/mol. The number of hydrogen-bond acceptors (Lipinski definition) is 4. The lowest BCUT2D eigenvalue weighted by atomic mass is 9.94. The maximum absolute atomic E-state index is 14.1. The molecule has 5 nitrogen and oxygen atoms in total. The Morgan fingerprint density at radius 2 is 1.31 bits per heavy atom. The Morgan fingerprint density at radius 1 is 0.769 bits per heavy atom. The van der Waals surface area contributed by atoms with Gasteiger partial charge in [0.1, 0.15) is 11.9 Å². The molecule has 0 spiro atoms. The number of carbonyl (C=O) groups is 2. The van der Waals surface area contributed by atoms with Gasteiger partial charge in [0.25, 0.3) is 0 Å². The molecule has 0 aliphatic carbocycles. The van der Waals surface area contributed by atoms with Crippen LogP contribution in [0.15, 0.2) is 72.8 Å². The Morgan fingerprint density at radius 3 is 1.88 bits per heavy atom. The molecule has 0 radical (unpaired) electrons. The van der Waals surface area contributed by atoms with E-state index in [0.29, 0.717) is 39.7 Å². The van der Waals surface area contributed by atoms with E-state index in [9.17, 15) is 41.0 Å². The third kappa shape index (κ3) is 10.1. The number of rotatable bonds is 10. The van der Waals surface area contributed by atoms with E-state index < -0.39 is 35.2 Å². The molecule has 1 amide bonds. The fourth-order valence-corrected chi connectivity index (χ4v) is 5.72. The van der Waals surface area contributed by atoms with Gasteiger partial charge >= 0.3 is 18.4 Å². The van der Waals surface area contributed by atoms with Gasteiger partial charge in [-0.25, -0.2) is 4.79 Å². The predicted octanol–water partition coefficient (Wildman–Crippen LogP) is 11.2. The van der Waals surface area contributed by atoms with Crippen LogP contribution in [0.25, 0.3) is 35.4 Å². The smallest absolute Gasteiger partial charge is 0.416 e. The molecule has 274 valence electrons. The van der Waals surface area contributed by atoms with E-state index in [-0.39, 0.29) is 41.4 Å². The number of benzene rings is 4. The first-order valence-corrected chi connectivity index (χ1v) is 16.4. The Labute approximate surface area is 302 Å². The molecule has 4 aromatic rings. The standard InChI is InChI=1S/C40H36ClF6NO4/c1-25-28(13-15-31-22-27(24-50)12-18-35(31)40(45,46)47)7-5-9-32(25)33-10-6-8-29(36(33)41)14-16-30-21-26(11-17-34(30)39(42,43)44)23-48(19-20-49)37(51)52-38(2,3)4/h5-18,21-22,24,49H,19-20,23H2,1-4H3/b15-13+,16-14+. The lowest BCUT2D eigenvalue weighted by molar-refractivity contribution is -0.138. The largest absolute Gasteiger partial charge is 0.444 e. The first-order chi connectivity index (χ1) is 24.3. The summed E-state index contributed by atoms with van der Waals surface area (Å²) in [7, 11) is 0. The molecular formula is C40H36ClF6NO4. The van der Waals surface area contributed by atoms with Crippen molar-refractivity contribution in [2.75, 3.05) is 13.2 Å². The molecule has 0 saturated heterocycles. The fraction of sp³-hybridized carbons (Fsp3) is 0.250. The number of amides is 1. The lowest BCUT2D eigenvalue weighted by Crippen LogP contribution is -2.38. The number of aliphatic hydroxyl groups excluding tert-OH is 1. The monoisotopic (exact) mass is 743 g/mol. The number of nitrogens with zero attached hydrogens (tertiary/aromatic N) is 1. The number of halogens is 7. The minimum atomic E-state index is -4.69. The number of carbonyl (C=O) groups excluding carboxylic acids is 2. The normalized spacial score (nSPS) is 12.5. The van der Waals surface area contributed by atoms with Crippen LogP contribution < -0.4 is 0 Å². The third-order valence-corrected chi connectivity index (χ3v) is 8.33. The Hall–Kier alpha value is -4.87. The zero-order valence-electron chi connectivity index (χ0n) is 28.7. The van der Waals surface area contributed by atoms with Crippen molar-refractivity contribution in [1.82, 2.24) is 4.90 Å². The summed E-state index contributed by atoms with van der Waals surface area (Å²) in [5.41, 5.74) is 0.299. The van der Waals surface area contributed by atoms with Crippen molar-refractivity contribution in [3.8, 4) is 11.1 Å². The molecule has 0 fully saturated rings. The molecule has 0 unspecified atom stereocenters. The van der Waals surface area contributed by atoms with Crippen LogP contribution in [0.2, 0.25) is 5.02 Å². The quantitative estimate of drug-likeness (QED) is 0.0998. The first kappa shape index (κ1) is 39.9. The number of aldehydes is 1. The van der Waals surface area contributed by atoms with Crippen LogP contribution >= 0.6 is 11.6 Å². The summed E-state index contributed by atoms with van der Waals surface area (Å²) in [6.45, 7) is 6.19. The average molecular weight is 744 g/mol. The van der Waals surface area contributed by atoms with Crippen LogP contribution in [0.5, 0.6) is 0 Å². The molecule has 0 aliphatic rings. The summed E-state index contributed by atoms with van der Waals surface area (Å²) in [6, 6.07) is 16.8. The summed E-state index contributed by atoms with van der Waals surface area (Å²) in [6.07, 6.45) is -4.09. The lowest BCUT2D eigenvalue weighted by Gasteiger charge is -2.27. The van der Waals surface area contributed by atoms with Crippen LogP contribution in [0.4, 0.5) is 31.1 Å². The van der Waals surface area contributed by atoms with Crippen LogP contribution in [0.3, 0.4) is 0 Å². The molecule has 0 aromatic heterocycles. The Balaban J connectivity index is 1.69. The van der Waals surface area contributed by atoms with Crippen molar-refractivity contribution in [2.24, 2.45) is 0 Å². The highest BCUT2D eigenvalue weighted by Crippen LogP contribution is 2.38. The molecule has 0 aliphatic heterocycles. The second-order valence-electron chi connectivity index (χ2n) is 12.9. The van der Waals surface area contributed by atoms with Gasteiger partial charge < -0.3 is 14.7 Å². The Kier molecular flexibility index (Phi) is 12.4. The van der Waals surface area contributed by atoms with Gasteiger partial charge in [-0.15, -0.1) is 0 Å². The van der Waals surface area contributed by atoms with Crippen LogP contribution in [0.1, 0.15) is 75.6 Å². The number of ether oxygens (including phenoxy) is 1. The zero-order chi connectivity index (χ0) is 38.4. The van der Waals surface area contributed by atoms with Crippen molar-refractivity contribution in [3.05, 3.63) is 128 Å². The molecule has 4 rings (SSSR count). The highest BCUT2D eigenvalue weighted by atomic mass is 35.5. The molecule has 0 atom stereocenters. The molecule has 12 heteroatoms. The first-order valence-electron chi connectivity index (χ1n) is 16.0. The SMILES string of the molecule is Cc1c(/C=C/c2cc(C=O)ccc2C(F)(F)F)cccc1-c1cccc(/C=C/c2cc(CN(CCO)C(=O)OC(C)(C)C)ccc2C(F)(F)F)c1Cl. The van der Waals surface area contributed by atoms with Gasteiger partial charge in [0, 0.05) is 24.2 Å². The van der Waals surface area contributed by atoms with E-state index in [0.717, 1.165) is 24.3 Å². The van der Waals surface area contributed by atoms with Gasteiger partial charge in [0.2, 0.25) is 0 Å². The average Bonchev–Trinajstić information content (AvgIpc) is 3.05. The van der Waals surface area contributed by atoms with Crippen molar-refractivity contribution in [1.29, 1.82) is 0 Å². The highest BCUT2D eigenvalue weighted by molar-refractivity contribution is 6.35. The number of alkyl halides is 6. The van der Waals surface area contributed by atoms with Crippen molar-refractivity contribution in [2.45, 2.75) is 52.2 Å². The van der Waals surface area contributed by atoms with E-state index in [2.05, 4.69) is 0 Å². The van der Waals surface area contributed by atoms with Crippen molar-refractivity contribution >= 4 is 48.3 Å². The fourth-order valence-electron chi connectivity index (χ4n) is 5.43. The van der Waals surface area contributed by atoms with Gasteiger partial charge in [-0.2, -0.15) is 26.3 Å². The number of hydrogen-bond donors (Lipinski definition) is 1. The van der Waals surface area contributed by atoms with Gasteiger partial charge in [-0.05, 0) is 90.9 Å². The summed E-state index contributed by atoms with van der Waals surface area (Å²) in [5.74, 6) is 0. The Bertz CT molecular complexity index is 1990. The maximum Gasteiger partial charge on any atom is 0.416 e. The molecule has 1 N–H and O–H groups in total. The molecule has 0 saturated carbocycles. The van der Waals surface area contributed by atoms with E-state index in [1.165, 1.54) is 41.3 Å². The summed E-state index contributed by atoms with van der Waals surface area (Å²) >= 11 is 6.83. The van der Waals surface area contributed by atoms with Crippen molar-refractivity contribution < 1.29 is 45.8 Å². The third-order valence-electron chi connectivity index (χ3n) is 7.91. The second kappa shape index (κ2) is 16.2. The molecule has 52 heavy (non-hydrogen) atoms. The van der Waals surface area contributed by atoms with E-state index >= 15 is 0 Å². The maximum atomic E-state index is 14.1. The molecular weight excluding hydrogens is 708 g/mol. The number of aliphatic hydroxyl groups is 1. The second-order valence-corrected chi connectivity index (χ2v) is 13.3. The summed E-state index contributed by atoms with van der Waals surface area (Å²) in [5, 5.41) is 9.72. The summed E-state index contributed by atoms with van der Waals surface area (Å²) in [4.78, 5) is 25.1. The summed E-state index contributed by atoms with van der Waals surface area (Å²) < 4.78 is 88.6. The highest BCUT2D eigenvalue weighted by Gasteiger charge is 2.34. The van der Waals surface area contributed by atoms with Gasteiger partial charge in [0.05, 0.1) is 22.8 Å². The molecule has 0 bridgehead atoms. The van der Waals surface area contributed by atoms with E-state index in [1.54, 1.807) is 64.1 Å². The van der Waals surface area contributed by atoms with E-state index in [1.807, 2.05) is 0 Å². The zero-order valence-corrected chi connectivity index (χ0v) is 29.5. The van der Waals surface area contributed by atoms with Crippen LogP contribution in [0, 0.1) is 6.92 Å². The molecule has 0 heterocycles. The van der Waals surface area contributed by atoms with Crippen LogP contribution in [-0.4, -0.2) is 41.1 Å². The van der Waals surface area contributed by atoms with E-state index in [4.69, 9.17) is 16.3 Å². The van der Waals surface area contributed by atoms with Crippen molar-refractivity contribution in [3.63, 3.8) is 0 Å².